The van der Waals surface area contributed by atoms with Gasteiger partial charge in [-0.1, -0.05) is 0 Å². The van der Waals surface area contributed by atoms with E-state index in [4.69, 9.17) is 5.11 Å². The van der Waals surface area contributed by atoms with E-state index in [1.807, 2.05) is 0 Å². The minimum atomic E-state index is -1.37. The number of hydrogen-bond donors (Lipinski definition) is 1. The van der Waals surface area contributed by atoms with Gasteiger partial charge in [0, 0.05) is 0 Å². The number of carboxylic acids is 1. The number of nitrogens with zero attached hydrogens (tertiary/aromatic N) is 4. The zero-order valence-electron chi connectivity index (χ0n) is 9.48. The summed E-state index contributed by atoms with van der Waals surface area (Å²) in [6.45, 7) is 1.72. The molecule has 94 valence electrons. The van der Waals surface area contributed by atoms with Crippen molar-refractivity contribution in [1.29, 1.82) is 0 Å². The smallest absolute Gasteiger partial charge is 0.359 e. The predicted molar refractivity (Wildman–Crippen MR) is 63.1 cm³/mol. The van der Waals surface area contributed by atoms with Crippen LogP contribution in [0.2, 0.25) is 0 Å². The Labute approximate surface area is 106 Å². The SMILES string of the molecule is CC[S+]([O-])c1ccc(-n2cncn2)nc1C(=O)O. The van der Waals surface area contributed by atoms with E-state index in [0.29, 0.717) is 11.6 Å². The van der Waals surface area contributed by atoms with Gasteiger partial charge in [0.15, 0.2) is 10.7 Å². The molecule has 18 heavy (non-hydrogen) atoms. The summed E-state index contributed by atoms with van der Waals surface area (Å²) in [6.07, 6.45) is 2.73. The highest BCUT2D eigenvalue weighted by Crippen LogP contribution is 2.17. The van der Waals surface area contributed by atoms with Gasteiger partial charge in [-0.15, -0.1) is 0 Å². The molecule has 0 bridgehead atoms. The van der Waals surface area contributed by atoms with Crippen molar-refractivity contribution < 1.29 is 14.5 Å². The monoisotopic (exact) mass is 266 g/mol. The van der Waals surface area contributed by atoms with Crippen molar-refractivity contribution >= 4 is 17.1 Å². The standard InChI is InChI=1S/C10H10N4O3S/c1-2-18(17)7-3-4-8(13-9(7)10(15)16)14-6-11-5-12-14/h3-6H,2H2,1H3,(H,15,16). The number of hydrogen-bond acceptors (Lipinski definition) is 5. The van der Waals surface area contributed by atoms with E-state index in [9.17, 15) is 9.35 Å². The van der Waals surface area contributed by atoms with E-state index in [-0.39, 0.29) is 10.6 Å². The Bertz CT molecular complexity index is 558. The molecule has 2 rings (SSSR count). The number of carbonyl (C=O) groups is 1. The topological polar surface area (TPSA) is 104 Å². The van der Waals surface area contributed by atoms with Crippen LogP contribution in [-0.2, 0) is 11.2 Å². The van der Waals surface area contributed by atoms with Gasteiger partial charge in [0.1, 0.15) is 18.4 Å². The highest BCUT2D eigenvalue weighted by atomic mass is 32.2. The van der Waals surface area contributed by atoms with Crippen molar-refractivity contribution in [2.45, 2.75) is 11.8 Å². The highest BCUT2D eigenvalue weighted by molar-refractivity contribution is 7.91. The van der Waals surface area contributed by atoms with Gasteiger partial charge in [-0.2, -0.15) is 5.10 Å². The van der Waals surface area contributed by atoms with Crippen LogP contribution in [0, 0.1) is 0 Å². The summed E-state index contributed by atoms with van der Waals surface area (Å²) in [5, 5.41) is 12.9. The molecule has 1 N–H and O–H groups in total. The molecule has 8 heteroatoms. The normalized spacial score (nSPS) is 12.3. The van der Waals surface area contributed by atoms with Crippen LogP contribution in [0.15, 0.2) is 29.7 Å². The average Bonchev–Trinajstić information content (AvgIpc) is 2.91. The Kier molecular flexibility index (Phi) is 3.58. The van der Waals surface area contributed by atoms with E-state index < -0.39 is 17.1 Å². The largest absolute Gasteiger partial charge is 0.611 e. The van der Waals surface area contributed by atoms with Crippen LogP contribution in [-0.4, -0.2) is 41.1 Å². The van der Waals surface area contributed by atoms with Crippen LogP contribution in [0.3, 0.4) is 0 Å². The van der Waals surface area contributed by atoms with Crippen LogP contribution in [0.25, 0.3) is 5.82 Å². The molecule has 0 saturated heterocycles. The number of pyridine rings is 1. The Morgan fingerprint density at radius 3 is 2.89 bits per heavy atom. The Morgan fingerprint density at radius 1 is 1.56 bits per heavy atom. The Morgan fingerprint density at radius 2 is 2.33 bits per heavy atom. The van der Waals surface area contributed by atoms with Gasteiger partial charge in [0.2, 0.25) is 5.69 Å². The molecule has 1 unspecified atom stereocenters. The molecular weight excluding hydrogens is 256 g/mol. The first-order valence-corrected chi connectivity index (χ1v) is 6.43. The summed E-state index contributed by atoms with van der Waals surface area (Å²) in [5.74, 6) is -0.555. The maximum Gasteiger partial charge on any atom is 0.359 e. The number of aromatic carboxylic acids is 1. The maximum atomic E-state index is 11.7. The molecule has 0 aliphatic carbocycles. The van der Waals surface area contributed by atoms with Gasteiger partial charge in [0.05, 0.1) is 0 Å². The number of rotatable bonds is 4. The molecule has 1 atom stereocenters. The molecule has 2 aromatic rings. The first-order valence-electron chi connectivity index (χ1n) is 5.11. The maximum absolute atomic E-state index is 11.7. The van der Waals surface area contributed by atoms with E-state index in [1.54, 1.807) is 13.0 Å². The summed E-state index contributed by atoms with van der Waals surface area (Å²) in [5.41, 5.74) is -0.219. The number of aromatic nitrogens is 4. The molecule has 0 aliphatic rings. The molecule has 7 nitrogen and oxygen atoms in total. The predicted octanol–water partition coefficient (Wildman–Crippen LogP) is 0.488. The lowest BCUT2D eigenvalue weighted by atomic mass is 10.3. The minimum Gasteiger partial charge on any atom is -0.611 e. The zero-order chi connectivity index (χ0) is 13.1. The molecule has 0 aromatic carbocycles. The molecule has 0 aliphatic heterocycles. The van der Waals surface area contributed by atoms with Crippen molar-refractivity contribution in [3.63, 3.8) is 0 Å². The third-order valence-corrected chi connectivity index (χ3v) is 3.55. The van der Waals surface area contributed by atoms with Crippen LogP contribution in [0.4, 0.5) is 0 Å². The minimum absolute atomic E-state index is 0.217. The van der Waals surface area contributed by atoms with Gasteiger partial charge in [-0.05, 0) is 30.2 Å². The first kappa shape index (κ1) is 12.5. The number of carboxylic acid groups (broad SMARTS) is 1. The first-order chi connectivity index (χ1) is 8.63. The Balaban J connectivity index is 2.50. The van der Waals surface area contributed by atoms with Crippen LogP contribution >= 0.6 is 0 Å². The summed E-state index contributed by atoms with van der Waals surface area (Å²) in [6, 6.07) is 3.05. The fraction of sp³-hybridized carbons (Fsp3) is 0.200. The van der Waals surface area contributed by atoms with Crippen LogP contribution in [0.5, 0.6) is 0 Å². The zero-order valence-corrected chi connectivity index (χ0v) is 10.3. The molecule has 0 fully saturated rings. The van der Waals surface area contributed by atoms with Crippen molar-refractivity contribution in [1.82, 2.24) is 19.7 Å². The molecule has 0 radical (unpaired) electrons. The van der Waals surface area contributed by atoms with Gasteiger partial charge < -0.3 is 9.66 Å². The fourth-order valence-electron chi connectivity index (χ4n) is 1.38. The summed E-state index contributed by atoms with van der Waals surface area (Å²) in [4.78, 5) is 19.0. The Hall–Kier alpha value is -1.93. The van der Waals surface area contributed by atoms with Crippen LogP contribution < -0.4 is 0 Å². The third kappa shape index (κ3) is 2.34. The van der Waals surface area contributed by atoms with Gasteiger partial charge >= 0.3 is 5.97 Å². The second-order valence-corrected chi connectivity index (χ2v) is 5.00. The van der Waals surface area contributed by atoms with Crippen LogP contribution in [0.1, 0.15) is 17.4 Å². The van der Waals surface area contributed by atoms with Crippen molar-refractivity contribution in [2.24, 2.45) is 0 Å². The van der Waals surface area contributed by atoms with Crippen molar-refractivity contribution in [3.8, 4) is 5.82 Å². The molecule has 0 saturated carbocycles. The molecule has 0 spiro atoms. The highest BCUT2D eigenvalue weighted by Gasteiger charge is 2.22. The third-order valence-electron chi connectivity index (χ3n) is 2.21. The summed E-state index contributed by atoms with van der Waals surface area (Å²) < 4.78 is 13.0. The molecule has 2 heterocycles. The lowest BCUT2D eigenvalue weighted by molar-refractivity contribution is 0.0686. The second-order valence-electron chi connectivity index (χ2n) is 3.30. The molecule has 0 amide bonds. The average molecular weight is 266 g/mol. The van der Waals surface area contributed by atoms with Gasteiger partial charge in [-0.25, -0.2) is 19.4 Å². The molecule has 2 aromatic heterocycles. The van der Waals surface area contributed by atoms with Crippen molar-refractivity contribution in [2.75, 3.05) is 5.75 Å². The quantitative estimate of drug-likeness (QED) is 0.807. The van der Waals surface area contributed by atoms with E-state index in [0.717, 1.165) is 0 Å². The fourth-order valence-corrected chi connectivity index (χ4v) is 2.26. The lowest BCUT2D eigenvalue weighted by Gasteiger charge is -2.10. The summed E-state index contributed by atoms with van der Waals surface area (Å²) >= 11 is -1.37. The molecular formula is C10H10N4O3S. The van der Waals surface area contributed by atoms with Gasteiger partial charge in [-0.3, -0.25) is 0 Å². The van der Waals surface area contributed by atoms with E-state index in [2.05, 4.69) is 15.1 Å². The van der Waals surface area contributed by atoms with Crippen molar-refractivity contribution in [3.05, 3.63) is 30.5 Å². The van der Waals surface area contributed by atoms with E-state index >= 15 is 0 Å². The van der Waals surface area contributed by atoms with Gasteiger partial charge in [0.25, 0.3) is 0 Å². The lowest BCUT2D eigenvalue weighted by Crippen LogP contribution is -2.14. The summed E-state index contributed by atoms with van der Waals surface area (Å²) in [7, 11) is 0. The van der Waals surface area contributed by atoms with E-state index in [1.165, 1.54) is 23.4 Å². The second kappa shape index (κ2) is 5.15.